The van der Waals surface area contributed by atoms with Crippen LogP contribution in [0.2, 0.25) is 5.02 Å². The van der Waals surface area contributed by atoms with E-state index in [1.165, 1.54) is 24.8 Å². The first-order valence-corrected chi connectivity index (χ1v) is 11.0. The highest BCUT2D eigenvalue weighted by Gasteiger charge is 2.20. The van der Waals surface area contributed by atoms with E-state index < -0.39 is 0 Å². The summed E-state index contributed by atoms with van der Waals surface area (Å²) < 4.78 is 2.25. The largest absolute Gasteiger partial charge is 0.357 e. The number of nitrogens with zero attached hydrogens (tertiary/aromatic N) is 4. The molecule has 3 rings (SSSR count). The summed E-state index contributed by atoms with van der Waals surface area (Å²) in [5.41, 5.74) is 1.31. The molecule has 0 bridgehead atoms. The maximum Gasteiger partial charge on any atom is 0.191 e. The van der Waals surface area contributed by atoms with Crippen LogP contribution in [0.3, 0.4) is 0 Å². The smallest absolute Gasteiger partial charge is 0.191 e. The Morgan fingerprint density at radius 1 is 1.21 bits per heavy atom. The van der Waals surface area contributed by atoms with Crippen molar-refractivity contribution in [3.8, 4) is 0 Å². The minimum absolute atomic E-state index is 0.0623. The van der Waals surface area contributed by atoms with Gasteiger partial charge in [-0.25, -0.2) is 4.99 Å². The summed E-state index contributed by atoms with van der Waals surface area (Å²) in [6.07, 6.45) is 5.62. The van der Waals surface area contributed by atoms with E-state index in [2.05, 4.69) is 52.2 Å². The fourth-order valence-corrected chi connectivity index (χ4v) is 3.95. The topological polar surface area (TPSA) is 67.1 Å². The minimum Gasteiger partial charge on any atom is -0.357 e. The molecule has 0 atom stereocenters. The third-order valence-corrected chi connectivity index (χ3v) is 5.45. The van der Waals surface area contributed by atoms with E-state index in [-0.39, 0.29) is 5.41 Å². The van der Waals surface area contributed by atoms with Gasteiger partial charge in [0.05, 0.1) is 0 Å². The second-order valence-corrected chi connectivity index (χ2v) is 8.95. The zero-order chi connectivity index (χ0) is 20.7. The predicted octanol–water partition coefficient (Wildman–Crippen LogP) is 3.98. The standard InChI is InChI=1S/C22H33ClN6/c1-4-24-21(25-15-20-28-27-19-11-6-5-7-12-29(19)20)26-16-22(2,3)14-17-9-8-10-18(23)13-17/h8-10,13H,4-7,11-12,14-16H2,1-3H3,(H2,24,25,26). The van der Waals surface area contributed by atoms with Crippen LogP contribution in [0, 0.1) is 5.41 Å². The molecule has 0 spiro atoms. The van der Waals surface area contributed by atoms with E-state index in [0.717, 1.165) is 55.1 Å². The summed E-state index contributed by atoms with van der Waals surface area (Å²) >= 11 is 6.14. The Hall–Kier alpha value is -2.08. The molecule has 0 unspecified atom stereocenters. The van der Waals surface area contributed by atoms with E-state index in [9.17, 15) is 0 Å². The van der Waals surface area contributed by atoms with Gasteiger partial charge in [0, 0.05) is 31.1 Å². The molecule has 0 saturated heterocycles. The first-order valence-electron chi connectivity index (χ1n) is 10.6. The van der Waals surface area contributed by atoms with E-state index in [4.69, 9.17) is 16.6 Å². The number of hydrogen-bond donors (Lipinski definition) is 2. The van der Waals surface area contributed by atoms with Gasteiger partial charge in [-0.15, -0.1) is 10.2 Å². The van der Waals surface area contributed by atoms with Gasteiger partial charge in [-0.3, -0.25) is 0 Å². The van der Waals surface area contributed by atoms with Crippen LogP contribution in [-0.4, -0.2) is 33.8 Å². The Bertz CT molecular complexity index is 826. The van der Waals surface area contributed by atoms with E-state index in [1.54, 1.807) is 0 Å². The van der Waals surface area contributed by atoms with Gasteiger partial charge in [0.25, 0.3) is 0 Å². The maximum absolute atomic E-state index is 6.14. The molecule has 0 radical (unpaired) electrons. The van der Waals surface area contributed by atoms with Crippen LogP contribution < -0.4 is 10.6 Å². The third-order valence-electron chi connectivity index (χ3n) is 5.22. The van der Waals surface area contributed by atoms with E-state index >= 15 is 0 Å². The molecule has 2 N–H and O–H groups in total. The lowest BCUT2D eigenvalue weighted by atomic mass is 9.86. The van der Waals surface area contributed by atoms with Crippen LogP contribution in [-0.2, 0) is 25.9 Å². The Kier molecular flexibility index (Phi) is 7.53. The molecule has 1 aliphatic heterocycles. The third kappa shape index (κ3) is 6.46. The molecule has 0 aliphatic carbocycles. The molecular weight excluding hydrogens is 384 g/mol. The van der Waals surface area contributed by atoms with Crippen LogP contribution in [0.5, 0.6) is 0 Å². The second kappa shape index (κ2) is 10.1. The SMILES string of the molecule is CCNC(=NCc1nnc2n1CCCCC2)NCC(C)(C)Cc1cccc(Cl)c1. The first kappa shape index (κ1) is 21.6. The number of aromatic nitrogens is 3. The summed E-state index contributed by atoms with van der Waals surface area (Å²) in [6.45, 7) is 9.76. The van der Waals surface area contributed by atoms with Gasteiger partial charge in [0.1, 0.15) is 12.4 Å². The minimum atomic E-state index is 0.0623. The van der Waals surface area contributed by atoms with Gasteiger partial charge >= 0.3 is 0 Å². The molecule has 158 valence electrons. The first-order chi connectivity index (χ1) is 14.0. The van der Waals surface area contributed by atoms with Crippen molar-refractivity contribution >= 4 is 17.6 Å². The van der Waals surface area contributed by atoms with E-state index in [0.29, 0.717) is 6.54 Å². The van der Waals surface area contributed by atoms with Crippen LogP contribution in [0.4, 0.5) is 0 Å². The Labute approximate surface area is 179 Å². The van der Waals surface area contributed by atoms with Gasteiger partial charge < -0.3 is 15.2 Å². The monoisotopic (exact) mass is 416 g/mol. The fraction of sp³-hybridized carbons (Fsp3) is 0.591. The van der Waals surface area contributed by atoms with Crippen molar-refractivity contribution < 1.29 is 0 Å². The fourth-order valence-electron chi connectivity index (χ4n) is 3.74. The number of guanidine groups is 1. The molecule has 0 fully saturated rings. The van der Waals surface area contributed by atoms with Crippen molar-refractivity contribution in [2.45, 2.75) is 66.0 Å². The van der Waals surface area contributed by atoms with Gasteiger partial charge in [-0.1, -0.05) is 44.0 Å². The second-order valence-electron chi connectivity index (χ2n) is 8.51. The molecular formula is C22H33ClN6. The number of nitrogens with one attached hydrogen (secondary N) is 2. The molecule has 2 heterocycles. The lowest BCUT2D eigenvalue weighted by Gasteiger charge is -2.26. The zero-order valence-electron chi connectivity index (χ0n) is 17.8. The molecule has 7 heteroatoms. The lowest BCUT2D eigenvalue weighted by molar-refractivity contribution is 0.359. The molecule has 6 nitrogen and oxygen atoms in total. The van der Waals surface area contributed by atoms with Crippen molar-refractivity contribution in [1.82, 2.24) is 25.4 Å². The Balaban J connectivity index is 1.61. The molecule has 1 aliphatic rings. The highest BCUT2D eigenvalue weighted by Crippen LogP contribution is 2.23. The highest BCUT2D eigenvalue weighted by molar-refractivity contribution is 6.30. The number of benzene rings is 1. The van der Waals surface area contributed by atoms with Crippen LogP contribution in [0.15, 0.2) is 29.3 Å². The summed E-state index contributed by atoms with van der Waals surface area (Å²) in [5.74, 6) is 2.88. The quantitative estimate of drug-likeness (QED) is 0.529. The van der Waals surface area contributed by atoms with Gasteiger partial charge in [0.2, 0.25) is 0 Å². The predicted molar refractivity (Wildman–Crippen MR) is 119 cm³/mol. The van der Waals surface area contributed by atoms with Gasteiger partial charge in [-0.05, 0) is 49.3 Å². The Morgan fingerprint density at radius 3 is 2.86 bits per heavy atom. The summed E-state index contributed by atoms with van der Waals surface area (Å²) in [7, 11) is 0. The molecule has 0 amide bonds. The van der Waals surface area contributed by atoms with Crippen molar-refractivity contribution in [3.63, 3.8) is 0 Å². The molecule has 0 saturated carbocycles. The van der Waals surface area contributed by atoms with Crippen LogP contribution >= 0.6 is 11.6 Å². The molecule has 29 heavy (non-hydrogen) atoms. The molecule has 1 aromatic heterocycles. The van der Waals surface area contributed by atoms with Crippen molar-refractivity contribution in [1.29, 1.82) is 0 Å². The highest BCUT2D eigenvalue weighted by atomic mass is 35.5. The van der Waals surface area contributed by atoms with Crippen molar-refractivity contribution in [2.75, 3.05) is 13.1 Å². The van der Waals surface area contributed by atoms with Crippen molar-refractivity contribution in [3.05, 3.63) is 46.5 Å². The normalized spacial score (nSPS) is 15.0. The lowest BCUT2D eigenvalue weighted by Crippen LogP contribution is -2.42. The van der Waals surface area contributed by atoms with E-state index in [1.807, 2.05) is 18.2 Å². The number of halogens is 1. The summed E-state index contributed by atoms with van der Waals surface area (Å²) in [6, 6.07) is 8.09. The number of hydrogen-bond acceptors (Lipinski definition) is 3. The molecule has 2 aromatic rings. The number of fused-ring (bicyclic) bond motifs is 1. The average Bonchev–Trinajstić information content (AvgIpc) is 2.90. The average molecular weight is 417 g/mol. The van der Waals surface area contributed by atoms with Gasteiger partial charge in [0.15, 0.2) is 11.8 Å². The number of rotatable bonds is 7. The maximum atomic E-state index is 6.14. The molecule has 1 aromatic carbocycles. The van der Waals surface area contributed by atoms with Crippen molar-refractivity contribution in [2.24, 2.45) is 10.4 Å². The Morgan fingerprint density at radius 2 is 2.07 bits per heavy atom. The van der Waals surface area contributed by atoms with Crippen LogP contribution in [0.1, 0.15) is 57.2 Å². The van der Waals surface area contributed by atoms with Crippen LogP contribution in [0.25, 0.3) is 0 Å². The van der Waals surface area contributed by atoms with Gasteiger partial charge in [-0.2, -0.15) is 0 Å². The number of aryl methyl sites for hydroxylation is 1. The number of aliphatic imine (C=N–C) groups is 1. The zero-order valence-corrected chi connectivity index (χ0v) is 18.6. The summed E-state index contributed by atoms with van der Waals surface area (Å²) in [4.78, 5) is 4.77. The summed E-state index contributed by atoms with van der Waals surface area (Å²) in [5, 5.41) is 16.4.